The molecular formula is C24H35N4O4+. The maximum absolute atomic E-state index is 12.5. The first kappa shape index (κ1) is 21.8. The Morgan fingerprint density at radius 3 is 2.66 bits per heavy atom. The number of quaternary nitrogens is 1. The van der Waals surface area contributed by atoms with Crippen molar-refractivity contribution in [2.75, 3.05) is 26.3 Å². The summed E-state index contributed by atoms with van der Waals surface area (Å²) in [5, 5.41) is 2.43. The molecule has 1 aromatic heterocycles. The van der Waals surface area contributed by atoms with Crippen LogP contribution in [0.3, 0.4) is 0 Å². The van der Waals surface area contributed by atoms with Crippen LogP contribution in [0.2, 0.25) is 0 Å². The van der Waals surface area contributed by atoms with Crippen molar-refractivity contribution in [3.05, 3.63) is 29.9 Å². The van der Waals surface area contributed by atoms with E-state index < -0.39 is 11.4 Å². The number of fused-ring (bicyclic) bond motifs is 2. The molecular weight excluding hydrogens is 408 g/mol. The number of ether oxygens (including phenoxy) is 3. The van der Waals surface area contributed by atoms with E-state index in [1.54, 1.807) is 0 Å². The fraction of sp³-hybridized carbons (Fsp3) is 0.708. The van der Waals surface area contributed by atoms with Crippen molar-refractivity contribution in [2.24, 2.45) is 5.92 Å². The van der Waals surface area contributed by atoms with E-state index in [2.05, 4.69) is 21.4 Å². The topological polar surface area (TPSA) is 90.4 Å². The van der Waals surface area contributed by atoms with Crippen LogP contribution in [0.15, 0.2) is 18.5 Å². The largest absolute Gasteiger partial charge is 0.444 e. The van der Waals surface area contributed by atoms with Gasteiger partial charge in [-0.05, 0) is 32.8 Å². The smallest absolute Gasteiger partial charge is 0.410 e. The molecule has 8 heteroatoms. The standard InChI is InChI=1S/C24H34N4O4/c1-23(2,3)32-22(29)28-14-19-10-17(20(15-28)27-19)11-21-25-12-18(13-26-21)16-4-6-24(7-5-16)30-8-9-31-24/h4,12-13,17,19-20,27H,5-11,14-15H2,1-3H3/p+1. The van der Waals surface area contributed by atoms with E-state index in [1.165, 1.54) is 5.57 Å². The maximum Gasteiger partial charge on any atom is 0.410 e. The molecule has 5 rings (SSSR count). The Balaban J connectivity index is 1.18. The van der Waals surface area contributed by atoms with Crippen LogP contribution in [0.25, 0.3) is 5.57 Å². The quantitative estimate of drug-likeness (QED) is 0.767. The third kappa shape index (κ3) is 4.67. The van der Waals surface area contributed by atoms with E-state index in [9.17, 15) is 4.79 Å². The van der Waals surface area contributed by atoms with Gasteiger partial charge in [-0.3, -0.25) is 4.90 Å². The van der Waals surface area contributed by atoms with Crippen molar-refractivity contribution in [1.82, 2.24) is 14.9 Å². The Hall–Kier alpha value is -2.03. The van der Waals surface area contributed by atoms with Gasteiger partial charge in [-0.25, -0.2) is 14.8 Å². The number of hydrogen-bond acceptors (Lipinski definition) is 6. The highest BCUT2D eigenvalue weighted by molar-refractivity contribution is 5.68. The zero-order valence-electron chi connectivity index (χ0n) is 19.4. The first-order chi connectivity index (χ1) is 15.3. The van der Waals surface area contributed by atoms with E-state index in [0.717, 1.165) is 56.6 Å². The van der Waals surface area contributed by atoms with Gasteiger partial charge in [0, 0.05) is 49.6 Å². The fourth-order valence-corrected chi connectivity index (χ4v) is 5.51. The zero-order chi connectivity index (χ0) is 22.3. The number of rotatable bonds is 3. The molecule has 1 aromatic rings. The molecule has 32 heavy (non-hydrogen) atoms. The molecule has 4 heterocycles. The van der Waals surface area contributed by atoms with Gasteiger partial charge in [0.1, 0.15) is 23.5 Å². The van der Waals surface area contributed by atoms with Gasteiger partial charge in [-0.2, -0.15) is 0 Å². The Bertz CT molecular complexity index is 873. The summed E-state index contributed by atoms with van der Waals surface area (Å²) < 4.78 is 17.2. The van der Waals surface area contributed by atoms with Crippen molar-refractivity contribution in [3.63, 3.8) is 0 Å². The number of hydrogen-bond donors (Lipinski definition) is 1. The third-order valence-corrected chi connectivity index (χ3v) is 7.04. The molecule has 1 amide bonds. The molecule has 8 nitrogen and oxygen atoms in total. The average molecular weight is 444 g/mol. The molecule has 4 aliphatic rings. The molecule has 3 atom stereocenters. The summed E-state index contributed by atoms with van der Waals surface area (Å²) >= 11 is 0. The van der Waals surface area contributed by atoms with Gasteiger partial charge in [0.15, 0.2) is 5.79 Å². The molecule has 0 aromatic carbocycles. The second-order valence-electron chi connectivity index (χ2n) is 10.6. The highest BCUT2D eigenvalue weighted by Gasteiger charge is 2.46. The number of carbonyl (C=O) groups is 1. The zero-order valence-corrected chi connectivity index (χ0v) is 19.4. The second-order valence-corrected chi connectivity index (χ2v) is 10.6. The fourth-order valence-electron chi connectivity index (χ4n) is 5.51. The van der Waals surface area contributed by atoms with Gasteiger partial charge in [-0.15, -0.1) is 0 Å². The summed E-state index contributed by atoms with van der Waals surface area (Å²) in [5.41, 5.74) is 1.91. The molecule has 174 valence electrons. The molecule has 3 aliphatic heterocycles. The summed E-state index contributed by atoms with van der Waals surface area (Å²) in [6.45, 7) is 8.61. The maximum atomic E-state index is 12.5. The predicted octanol–water partition coefficient (Wildman–Crippen LogP) is 1.90. The van der Waals surface area contributed by atoms with Crippen LogP contribution in [0.1, 0.15) is 57.8 Å². The Kier molecular flexibility index (Phi) is 5.72. The molecule has 1 spiro atoms. The van der Waals surface area contributed by atoms with Crippen LogP contribution in [0.5, 0.6) is 0 Å². The van der Waals surface area contributed by atoms with E-state index in [1.807, 2.05) is 38.1 Å². The summed E-state index contributed by atoms with van der Waals surface area (Å²) in [6, 6.07) is 0.818. The minimum absolute atomic E-state index is 0.196. The number of allylic oxidation sites excluding steroid dienone is 1. The SMILES string of the molecule is CC(C)(C)OC(=O)N1CC2CC(Cc3ncc(C4=CCC5(CC4)OCCO5)cn3)C(C1)[NH2+]2. The van der Waals surface area contributed by atoms with Gasteiger partial charge >= 0.3 is 6.09 Å². The summed E-state index contributed by atoms with van der Waals surface area (Å²) in [6.07, 6.45) is 10.5. The molecule has 3 saturated heterocycles. The molecule has 2 N–H and O–H groups in total. The average Bonchev–Trinajstić information content (AvgIpc) is 3.31. The van der Waals surface area contributed by atoms with Crippen molar-refractivity contribution >= 4 is 11.7 Å². The number of likely N-dealkylation sites (tertiary alicyclic amines) is 1. The number of nitrogens with zero attached hydrogens (tertiary/aromatic N) is 3. The monoisotopic (exact) mass is 443 g/mol. The van der Waals surface area contributed by atoms with Crippen molar-refractivity contribution in [2.45, 2.75) is 76.3 Å². The van der Waals surface area contributed by atoms with Crippen LogP contribution >= 0.6 is 0 Å². The lowest BCUT2D eigenvalue weighted by molar-refractivity contribution is -0.711. The number of amides is 1. The lowest BCUT2D eigenvalue weighted by Crippen LogP contribution is -2.97. The van der Waals surface area contributed by atoms with Gasteiger partial charge in [-0.1, -0.05) is 6.08 Å². The van der Waals surface area contributed by atoms with E-state index in [-0.39, 0.29) is 6.09 Å². The number of piperazine rings is 1. The van der Waals surface area contributed by atoms with Gasteiger partial charge < -0.3 is 19.5 Å². The molecule has 3 unspecified atom stereocenters. The molecule has 0 saturated carbocycles. The Labute approximate surface area is 189 Å². The number of carbonyl (C=O) groups excluding carboxylic acids is 1. The molecule has 1 aliphatic carbocycles. The molecule has 2 bridgehead atoms. The number of nitrogens with two attached hydrogens (primary N) is 1. The first-order valence-corrected chi connectivity index (χ1v) is 11.9. The van der Waals surface area contributed by atoms with Gasteiger partial charge in [0.2, 0.25) is 0 Å². The predicted molar refractivity (Wildman–Crippen MR) is 118 cm³/mol. The van der Waals surface area contributed by atoms with Crippen molar-refractivity contribution in [1.29, 1.82) is 0 Å². The van der Waals surface area contributed by atoms with Crippen molar-refractivity contribution in [3.8, 4) is 0 Å². The Morgan fingerprint density at radius 2 is 2.00 bits per heavy atom. The van der Waals surface area contributed by atoms with Crippen LogP contribution < -0.4 is 5.32 Å². The molecule has 0 radical (unpaired) electrons. The normalized spacial score (nSPS) is 29.3. The summed E-state index contributed by atoms with van der Waals surface area (Å²) in [7, 11) is 0. The van der Waals surface area contributed by atoms with Crippen LogP contribution in [0, 0.1) is 5.92 Å². The summed E-state index contributed by atoms with van der Waals surface area (Å²) in [5.74, 6) is 0.969. The minimum Gasteiger partial charge on any atom is -0.444 e. The lowest BCUT2D eigenvalue weighted by atomic mass is 9.91. The first-order valence-electron chi connectivity index (χ1n) is 11.9. The minimum atomic E-state index is -0.461. The molecule has 3 fully saturated rings. The van der Waals surface area contributed by atoms with Crippen LogP contribution in [-0.2, 0) is 20.6 Å². The third-order valence-electron chi connectivity index (χ3n) is 7.04. The highest BCUT2D eigenvalue weighted by Crippen LogP contribution is 2.38. The Morgan fingerprint density at radius 1 is 1.25 bits per heavy atom. The number of aromatic nitrogens is 2. The van der Waals surface area contributed by atoms with E-state index in [4.69, 9.17) is 14.2 Å². The van der Waals surface area contributed by atoms with E-state index >= 15 is 0 Å². The van der Waals surface area contributed by atoms with Crippen LogP contribution in [0.4, 0.5) is 4.79 Å². The highest BCUT2D eigenvalue weighted by atomic mass is 16.7. The van der Waals surface area contributed by atoms with E-state index in [0.29, 0.717) is 31.2 Å². The van der Waals surface area contributed by atoms with Crippen molar-refractivity contribution < 1.29 is 24.3 Å². The van der Waals surface area contributed by atoms with Crippen LogP contribution in [-0.4, -0.2) is 70.7 Å². The van der Waals surface area contributed by atoms with Gasteiger partial charge in [0.25, 0.3) is 0 Å². The summed E-state index contributed by atoms with van der Waals surface area (Å²) in [4.78, 5) is 23.8. The lowest BCUT2D eigenvalue weighted by Gasteiger charge is -2.32. The van der Waals surface area contributed by atoms with Gasteiger partial charge in [0.05, 0.1) is 26.3 Å². The second kappa shape index (κ2) is 8.39.